The van der Waals surface area contributed by atoms with E-state index in [1.165, 1.54) is 5.56 Å². The van der Waals surface area contributed by atoms with Gasteiger partial charge in [-0.3, -0.25) is 14.9 Å². The minimum Gasteiger partial charge on any atom is -0.493 e. The third kappa shape index (κ3) is 6.88. The van der Waals surface area contributed by atoms with E-state index in [1.54, 1.807) is 47.4 Å². The molecule has 1 saturated heterocycles. The first kappa shape index (κ1) is 24.4. The first-order valence-corrected chi connectivity index (χ1v) is 11.9. The minimum atomic E-state index is -0.368. The third-order valence-corrected chi connectivity index (χ3v) is 5.73. The fourth-order valence-electron chi connectivity index (χ4n) is 3.70. The van der Waals surface area contributed by atoms with Crippen molar-refractivity contribution in [3.63, 3.8) is 0 Å². The van der Waals surface area contributed by atoms with Crippen molar-refractivity contribution in [1.29, 1.82) is 0 Å². The molecular formula is C27H27N3O4S. The van der Waals surface area contributed by atoms with Crippen molar-refractivity contribution in [2.45, 2.75) is 6.42 Å². The van der Waals surface area contributed by atoms with Crippen molar-refractivity contribution in [1.82, 2.24) is 10.2 Å². The van der Waals surface area contributed by atoms with Gasteiger partial charge < -0.3 is 19.7 Å². The number of rotatable bonds is 7. The molecule has 0 saturated carbocycles. The number of nitrogens with zero attached hydrogens (tertiary/aromatic N) is 1. The first-order chi connectivity index (χ1) is 17.1. The van der Waals surface area contributed by atoms with Crippen molar-refractivity contribution >= 4 is 34.8 Å². The van der Waals surface area contributed by atoms with Crippen molar-refractivity contribution in [2.75, 3.05) is 38.2 Å². The highest BCUT2D eigenvalue weighted by atomic mass is 32.1. The van der Waals surface area contributed by atoms with Crippen LogP contribution in [-0.2, 0) is 11.2 Å². The van der Waals surface area contributed by atoms with E-state index in [2.05, 4.69) is 10.6 Å². The summed E-state index contributed by atoms with van der Waals surface area (Å²) in [6.45, 7) is 2.62. The van der Waals surface area contributed by atoms with E-state index < -0.39 is 0 Å². The van der Waals surface area contributed by atoms with Crippen LogP contribution in [0, 0.1) is 0 Å². The molecule has 0 spiro atoms. The summed E-state index contributed by atoms with van der Waals surface area (Å²) in [6, 6.07) is 24.1. The molecule has 2 amide bonds. The highest BCUT2D eigenvalue weighted by molar-refractivity contribution is 7.80. The lowest BCUT2D eigenvalue weighted by molar-refractivity contribution is 0.0303. The van der Waals surface area contributed by atoms with Gasteiger partial charge in [-0.05, 0) is 48.1 Å². The number of amides is 2. The Morgan fingerprint density at radius 1 is 0.943 bits per heavy atom. The van der Waals surface area contributed by atoms with Crippen molar-refractivity contribution in [2.24, 2.45) is 0 Å². The number of morpholine rings is 1. The van der Waals surface area contributed by atoms with E-state index >= 15 is 0 Å². The molecule has 0 aliphatic carbocycles. The quantitative estimate of drug-likeness (QED) is 0.490. The van der Waals surface area contributed by atoms with Gasteiger partial charge in [-0.2, -0.15) is 0 Å². The summed E-state index contributed by atoms with van der Waals surface area (Å²) in [4.78, 5) is 27.5. The van der Waals surface area contributed by atoms with Crippen LogP contribution in [-0.4, -0.2) is 54.7 Å². The maximum absolute atomic E-state index is 12.9. The van der Waals surface area contributed by atoms with Crippen LogP contribution in [0.4, 0.5) is 5.69 Å². The molecule has 0 bridgehead atoms. The van der Waals surface area contributed by atoms with Crippen LogP contribution in [0.1, 0.15) is 26.3 Å². The summed E-state index contributed by atoms with van der Waals surface area (Å²) in [5.74, 6) is 0.132. The number of para-hydroxylation sites is 1. The highest BCUT2D eigenvalue weighted by Gasteiger charge is 2.21. The number of carbonyl (C=O) groups is 2. The van der Waals surface area contributed by atoms with Gasteiger partial charge in [0.1, 0.15) is 5.75 Å². The van der Waals surface area contributed by atoms with E-state index in [9.17, 15) is 9.59 Å². The van der Waals surface area contributed by atoms with Crippen LogP contribution >= 0.6 is 12.2 Å². The molecule has 8 heteroatoms. The molecule has 35 heavy (non-hydrogen) atoms. The van der Waals surface area contributed by atoms with Gasteiger partial charge in [0.2, 0.25) is 0 Å². The summed E-state index contributed by atoms with van der Waals surface area (Å²) < 4.78 is 11.2. The molecule has 7 nitrogen and oxygen atoms in total. The Morgan fingerprint density at radius 3 is 2.49 bits per heavy atom. The number of carbonyl (C=O) groups excluding carboxylic acids is 2. The summed E-state index contributed by atoms with van der Waals surface area (Å²) in [7, 11) is 0. The number of anilines is 1. The molecule has 1 heterocycles. The number of ether oxygens (including phenoxy) is 2. The highest BCUT2D eigenvalue weighted by Crippen LogP contribution is 2.19. The fourth-order valence-corrected chi connectivity index (χ4v) is 3.91. The molecular weight excluding hydrogens is 462 g/mol. The molecule has 3 aromatic rings. The topological polar surface area (TPSA) is 79.9 Å². The summed E-state index contributed by atoms with van der Waals surface area (Å²) in [6.07, 6.45) is 0.772. The van der Waals surface area contributed by atoms with Crippen molar-refractivity contribution in [3.05, 3.63) is 95.6 Å². The smallest absolute Gasteiger partial charge is 0.257 e. The zero-order valence-corrected chi connectivity index (χ0v) is 20.1. The third-order valence-electron chi connectivity index (χ3n) is 5.53. The lowest BCUT2D eigenvalue weighted by Crippen LogP contribution is -2.41. The maximum Gasteiger partial charge on any atom is 0.257 e. The molecule has 1 fully saturated rings. The van der Waals surface area contributed by atoms with Gasteiger partial charge in [0, 0.05) is 25.1 Å². The lowest BCUT2D eigenvalue weighted by Gasteiger charge is -2.27. The van der Waals surface area contributed by atoms with Crippen molar-refractivity contribution < 1.29 is 19.1 Å². The average Bonchev–Trinajstić information content (AvgIpc) is 2.90. The molecule has 0 unspecified atom stereocenters. The van der Waals surface area contributed by atoms with Gasteiger partial charge in [0.25, 0.3) is 11.8 Å². The Bertz CT molecular complexity index is 1180. The number of hydrogen-bond acceptors (Lipinski definition) is 5. The Balaban J connectivity index is 1.34. The monoisotopic (exact) mass is 489 g/mol. The van der Waals surface area contributed by atoms with Gasteiger partial charge in [-0.1, -0.05) is 48.5 Å². The predicted octanol–water partition coefficient (Wildman–Crippen LogP) is 3.91. The number of hydrogen-bond donors (Lipinski definition) is 2. The zero-order valence-electron chi connectivity index (χ0n) is 19.2. The van der Waals surface area contributed by atoms with E-state index in [-0.39, 0.29) is 16.9 Å². The van der Waals surface area contributed by atoms with Gasteiger partial charge in [-0.15, -0.1) is 0 Å². The van der Waals surface area contributed by atoms with Crippen LogP contribution < -0.4 is 15.4 Å². The predicted molar refractivity (Wildman–Crippen MR) is 139 cm³/mol. The standard InChI is InChI=1S/C27H27N3O4S/c31-25(21-9-6-10-22(19-21)34-16-13-20-7-2-1-3-8-20)29-27(35)28-24-12-5-4-11-23(24)26(32)30-14-17-33-18-15-30/h1-12,19H,13-18H2,(H2,28,29,31,35). The molecule has 0 atom stereocenters. The molecule has 4 rings (SSSR count). The second-order valence-electron chi connectivity index (χ2n) is 7.97. The van der Waals surface area contributed by atoms with Gasteiger partial charge >= 0.3 is 0 Å². The lowest BCUT2D eigenvalue weighted by atomic mass is 10.1. The second kappa shape index (κ2) is 12.1. The summed E-state index contributed by atoms with van der Waals surface area (Å²) >= 11 is 5.35. The van der Waals surface area contributed by atoms with Crippen LogP contribution in [0.25, 0.3) is 0 Å². The number of nitrogens with one attached hydrogen (secondary N) is 2. The van der Waals surface area contributed by atoms with Crippen LogP contribution in [0.2, 0.25) is 0 Å². The SMILES string of the molecule is O=C(NC(=S)Nc1ccccc1C(=O)N1CCOCC1)c1cccc(OCCc2ccccc2)c1. The largest absolute Gasteiger partial charge is 0.493 e. The molecule has 3 aromatic carbocycles. The zero-order chi connectivity index (χ0) is 24.5. The second-order valence-corrected chi connectivity index (χ2v) is 8.38. The van der Waals surface area contributed by atoms with Gasteiger partial charge in [0.15, 0.2) is 5.11 Å². The molecule has 1 aliphatic heterocycles. The molecule has 180 valence electrons. The average molecular weight is 490 g/mol. The van der Waals surface area contributed by atoms with E-state index in [4.69, 9.17) is 21.7 Å². The maximum atomic E-state index is 12.9. The Kier molecular flexibility index (Phi) is 8.43. The van der Waals surface area contributed by atoms with Crippen LogP contribution in [0.5, 0.6) is 5.75 Å². The Morgan fingerprint density at radius 2 is 1.69 bits per heavy atom. The summed E-state index contributed by atoms with van der Waals surface area (Å²) in [5, 5.41) is 5.77. The van der Waals surface area contributed by atoms with Gasteiger partial charge in [-0.25, -0.2) is 0 Å². The Labute approximate surface area is 210 Å². The first-order valence-electron chi connectivity index (χ1n) is 11.5. The van der Waals surface area contributed by atoms with E-state index in [1.807, 2.05) is 36.4 Å². The fraction of sp³-hybridized carbons (Fsp3) is 0.222. The van der Waals surface area contributed by atoms with E-state index in [0.717, 1.165) is 6.42 Å². The normalized spacial score (nSPS) is 13.1. The number of thiocarbonyl (C=S) groups is 1. The Hall–Kier alpha value is -3.75. The van der Waals surface area contributed by atoms with Crippen LogP contribution in [0.3, 0.4) is 0 Å². The number of benzene rings is 3. The molecule has 1 aliphatic rings. The molecule has 0 radical (unpaired) electrons. The van der Waals surface area contributed by atoms with Gasteiger partial charge in [0.05, 0.1) is 31.1 Å². The van der Waals surface area contributed by atoms with Crippen molar-refractivity contribution in [3.8, 4) is 5.75 Å². The van der Waals surface area contributed by atoms with Crippen LogP contribution in [0.15, 0.2) is 78.9 Å². The minimum absolute atomic E-state index is 0.104. The molecule has 0 aromatic heterocycles. The van der Waals surface area contributed by atoms with E-state index in [0.29, 0.717) is 55.5 Å². The molecule has 2 N–H and O–H groups in total. The summed E-state index contributed by atoms with van der Waals surface area (Å²) in [5.41, 5.74) is 2.63.